The Morgan fingerprint density at radius 1 is 1.24 bits per heavy atom. The Kier molecular flexibility index (Phi) is 6.27. The number of piperidine rings is 1. The molecule has 3 rings (SSSR count). The Balaban J connectivity index is 1.56. The van der Waals surface area contributed by atoms with Crippen LogP contribution in [0.5, 0.6) is 0 Å². The first kappa shape index (κ1) is 21.3. The van der Waals surface area contributed by atoms with E-state index in [9.17, 15) is 21.6 Å². The summed E-state index contributed by atoms with van der Waals surface area (Å²) >= 11 is 0. The molecule has 1 aliphatic heterocycles. The topological polar surface area (TPSA) is 86.7 Å². The van der Waals surface area contributed by atoms with Crippen LogP contribution in [0.1, 0.15) is 18.5 Å². The maximum atomic E-state index is 12.7. The molecule has 29 heavy (non-hydrogen) atoms. The Morgan fingerprint density at radius 3 is 2.59 bits per heavy atom. The minimum Gasteiger partial charge on any atom is -0.354 e. The van der Waals surface area contributed by atoms with Crippen molar-refractivity contribution in [2.75, 3.05) is 20.1 Å². The van der Waals surface area contributed by atoms with E-state index in [0.717, 1.165) is 16.5 Å². The van der Waals surface area contributed by atoms with Crippen molar-refractivity contribution in [2.24, 2.45) is 4.99 Å². The number of aromatic nitrogens is 1. The second kappa shape index (κ2) is 8.54. The monoisotopic (exact) mass is 429 g/mol. The number of benzene rings is 1. The van der Waals surface area contributed by atoms with Crippen molar-refractivity contribution in [3.63, 3.8) is 0 Å². The highest BCUT2D eigenvalue weighted by Crippen LogP contribution is 2.28. The van der Waals surface area contributed by atoms with Gasteiger partial charge in [0.25, 0.3) is 0 Å². The summed E-state index contributed by atoms with van der Waals surface area (Å²) < 4.78 is 61.5. The van der Waals surface area contributed by atoms with Crippen LogP contribution in [0.25, 0.3) is 10.8 Å². The lowest BCUT2D eigenvalue weighted by molar-refractivity contribution is -0.0494. The molecule has 0 unspecified atom stereocenters. The highest BCUT2D eigenvalue weighted by atomic mass is 32.2. The lowest BCUT2D eigenvalue weighted by Gasteiger charge is -2.32. The average molecular weight is 429 g/mol. The molecular weight excluding hydrogens is 407 g/mol. The van der Waals surface area contributed by atoms with Crippen molar-refractivity contribution in [3.8, 4) is 0 Å². The number of nitrogens with one attached hydrogen (secondary N) is 2. The number of rotatable bonds is 4. The summed E-state index contributed by atoms with van der Waals surface area (Å²) in [5, 5.41) is 8.39. The van der Waals surface area contributed by atoms with Crippen LogP contribution in [0.3, 0.4) is 0 Å². The lowest BCUT2D eigenvalue weighted by Crippen LogP contribution is -2.51. The van der Waals surface area contributed by atoms with E-state index in [1.54, 1.807) is 13.2 Å². The molecule has 7 nitrogen and oxygen atoms in total. The van der Waals surface area contributed by atoms with Gasteiger partial charge in [-0.1, -0.05) is 24.3 Å². The second-order valence-corrected chi connectivity index (χ2v) is 8.60. The maximum absolute atomic E-state index is 12.7. The third kappa shape index (κ3) is 4.78. The van der Waals surface area contributed by atoms with Gasteiger partial charge in [-0.3, -0.25) is 9.98 Å². The summed E-state index contributed by atoms with van der Waals surface area (Å²) in [6, 6.07) is 9.60. The van der Waals surface area contributed by atoms with Crippen LogP contribution >= 0.6 is 0 Å². The van der Waals surface area contributed by atoms with E-state index in [1.807, 2.05) is 30.3 Å². The predicted octanol–water partition coefficient (Wildman–Crippen LogP) is 2.21. The molecule has 0 atom stereocenters. The van der Waals surface area contributed by atoms with E-state index in [1.165, 1.54) is 0 Å². The highest BCUT2D eigenvalue weighted by molar-refractivity contribution is 7.90. The number of nitrogens with zero attached hydrogens (tertiary/aromatic N) is 3. The molecule has 1 aromatic heterocycles. The van der Waals surface area contributed by atoms with Gasteiger partial charge in [-0.2, -0.15) is 17.5 Å². The van der Waals surface area contributed by atoms with Gasteiger partial charge in [0.15, 0.2) is 5.96 Å². The number of sulfonamides is 1. The molecule has 2 N–H and O–H groups in total. The molecule has 0 radical (unpaired) electrons. The molecule has 1 fully saturated rings. The second-order valence-electron chi connectivity index (χ2n) is 6.67. The van der Waals surface area contributed by atoms with Crippen LogP contribution in [0, 0.1) is 0 Å². The molecule has 1 aliphatic rings. The van der Waals surface area contributed by atoms with E-state index >= 15 is 0 Å². The average Bonchev–Trinajstić information content (AvgIpc) is 2.70. The minimum atomic E-state index is -5.27. The third-order valence-electron chi connectivity index (χ3n) is 4.83. The summed E-state index contributed by atoms with van der Waals surface area (Å²) in [7, 11) is -3.68. The van der Waals surface area contributed by atoms with Crippen LogP contribution in [0.4, 0.5) is 13.2 Å². The number of fused-ring (bicyclic) bond motifs is 1. The fraction of sp³-hybridized carbons (Fsp3) is 0.444. The van der Waals surface area contributed by atoms with Crippen LogP contribution in [-0.4, -0.2) is 55.4 Å². The van der Waals surface area contributed by atoms with Crippen LogP contribution in [0.2, 0.25) is 0 Å². The SMILES string of the molecule is CN=C(NCc1nccc2ccccc12)NC1CCN(S(=O)(=O)C(F)(F)F)CC1. The summed E-state index contributed by atoms with van der Waals surface area (Å²) in [5.41, 5.74) is -4.42. The van der Waals surface area contributed by atoms with Gasteiger partial charge in [0.05, 0.1) is 12.2 Å². The molecule has 0 amide bonds. The summed E-state index contributed by atoms with van der Waals surface area (Å²) in [4.78, 5) is 8.53. The molecule has 0 saturated carbocycles. The van der Waals surface area contributed by atoms with Gasteiger partial charge >= 0.3 is 15.5 Å². The Labute approximate surface area is 167 Å². The lowest BCUT2D eigenvalue weighted by atomic mass is 10.1. The summed E-state index contributed by atoms with van der Waals surface area (Å²) in [6.45, 7) is 0.0328. The van der Waals surface area contributed by atoms with Crippen LogP contribution < -0.4 is 10.6 Å². The molecule has 158 valence electrons. The molecule has 0 aliphatic carbocycles. The molecule has 11 heteroatoms. The van der Waals surface area contributed by atoms with Gasteiger partial charge in [0.1, 0.15) is 0 Å². The van der Waals surface area contributed by atoms with Gasteiger partial charge in [0.2, 0.25) is 0 Å². The van der Waals surface area contributed by atoms with Crippen molar-refractivity contribution >= 4 is 26.8 Å². The van der Waals surface area contributed by atoms with Gasteiger partial charge in [-0.15, -0.1) is 0 Å². The summed E-state index contributed by atoms with van der Waals surface area (Å²) in [5.74, 6) is 0.483. The van der Waals surface area contributed by atoms with Crippen molar-refractivity contribution in [1.82, 2.24) is 19.9 Å². The molecule has 1 saturated heterocycles. The Bertz CT molecular complexity index is 981. The zero-order valence-electron chi connectivity index (χ0n) is 15.8. The highest BCUT2D eigenvalue weighted by Gasteiger charge is 2.50. The number of halogens is 3. The van der Waals surface area contributed by atoms with Gasteiger partial charge in [-0.25, -0.2) is 8.42 Å². The molecule has 2 heterocycles. The summed E-state index contributed by atoms with van der Waals surface area (Å²) in [6.07, 6.45) is 2.23. The van der Waals surface area contributed by atoms with E-state index < -0.39 is 15.5 Å². The van der Waals surface area contributed by atoms with E-state index in [4.69, 9.17) is 0 Å². The van der Waals surface area contributed by atoms with Gasteiger partial charge < -0.3 is 10.6 Å². The number of alkyl halides is 3. The van der Waals surface area contributed by atoms with Crippen molar-refractivity contribution in [3.05, 3.63) is 42.2 Å². The van der Waals surface area contributed by atoms with Crippen molar-refractivity contribution < 1.29 is 21.6 Å². The Morgan fingerprint density at radius 2 is 1.93 bits per heavy atom. The first-order chi connectivity index (χ1) is 13.7. The minimum absolute atomic E-state index is 0.179. The van der Waals surface area contributed by atoms with E-state index in [0.29, 0.717) is 16.8 Å². The standard InChI is InChI=1S/C18H22F3N5O2S/c1-22-17(24-12-16-15-5-3-2-4-13(15)6-9-23-16)25-14-7-10-26(11-8-14)29(27,28)18(19,20)21/h2-6,9,14H,7-8,10-12H2,1H3,(H2,22,24,25). The zero-order chi connectivity index (χ0) is 21.1. The molecule has 0 bridgehead atoms. The van der Waals surface area contributed by atoms with Crippen molar-refractivity contribution in [2.45, 2.75) is 30.9 Å². The predicted molar refractivity (Wildman–Crippen MR) is 105 cm³/mol. The van der Waals surface area contributed by atoms with Crippen LogP contribution in [0.15, 0.2) is 41.5 Å². The number of aliphatic imine (C=N–C) groups is 1. The zero-order valence-corrected chi connectivity index (χ0v) is 16.6. The van der Waals surface area contributed by atoms with Gasteiger partial charge in [0, 0.05) is 37.8 Å². The Hall–Kier alpha value is -2.40. The largest absolute Gasteiger partial charge is 0.511 e. The molecular formula is C18H22F3N5O2S. The van der Waals surface area contributed by atoms with Crippen molar-refractivity contribution in [1.29, 1.82) is 0 Å². The third-order valence-corrected chi connectivity index (χ3v) is 6.46. The number of pyridine rings is 1. The number of hydrogen-bond acceptors (Lipinski definition) is 4. The maximum Gasteiger partial charge on any atom is 0.511 e. The number of guanidine groups is 1. The normalized spacial score (nSPS) is 17.4. The first-order valence-corrected chi connectivity index (χ1v) is 10.5. The smallest absolute Gasteiger partial charge is 0.354 e. The van der Waals surface area contributed by atoms with E-state index in [-0.39, 0.29) is 32.0 Å². The molecule has 1 aromatic carbocycles. The van der Waals surface area contributed by atoms with Gasteiger partial charge in [-0.05, 0) is 24.3 Å². The molecule has 0 spiro atoms. The first-order valence-electron chi connectivity index (χ1n) is 9.08. The number of hydrogen-bond donors (Lipinski definition) is 2. The fourth-order valence-electron chi connectivity index (χ4n) is 3.27. The van der Waals surface area contributed by atoms with Crippen LogP contribution in [-0.2, 0) is 16.6 Å². The quantitative estimate of drug-likeness (QED) is 0.575. The van der Waals surface area contributed by atoms with E-state index in [2.05, 4.69) is 20.6 Å². The molecule has 2 aromatic rings. The fourth-order valence-corrected chi connectivity index (χ4v) is 4.25.